The van der Waals surface area contributed by atoms with Gasteiger partial charge in [0.25, 0.3) is 5.56 Å². The lowest BCUT2D eigenvalue weighted by atomic mass is 10.1. The molecule has 1 heterocycles. The largest absolute Gasteiger partial charge is 0.457 e. The van der Waals surface area contributed by atoms with Gasteiger partial charge in [-0.3, -0.25) is 9.36 Å². The van der Waals surface area contributed by atoms with Crippen LogP contribution in [0, 0.1) is 0 Å². The molecule has 0 amide bonds. The second-order valence-corrected chi connectivity index (χ2v) is 5.67. The number of ether oxygens (including phenoxy) is 1. The molecule has 1 aromatic rings. The Morgan fingerprint density at radius 2 is 1.80 bits per heavy atom. The molecule has 0 bridgehead atoms. The van der Waals surface area contributed by atoms with Crippen molar-refractivity contribution in [3.8, 4) is 0 Å². The van der Waals surface area contributed by atoms with E-state index in [0.29, 0.717) is 5.57 Å². The molecule has 6 heteroatoms. The van der Waals surface area contributed by atoms with E-state index in [4.69, 9.17) is 4.74 Å². The zero-order valence-corrected chi connectivity index (χ0v) is 12.7. The van der Waals surface area contributed by atoms with Crippen LogP contribution in [0.5, 0.6) is 0 Å². The molecule has 1 aromatic heterocycles. The van der Waals surface area contributed by atoms with Crippen molar-refractivity contribution >= 4 is 12.0 Å². The monoisotopic (exact) mass is 280 g/mol. The van der Waals surface area contributed by atoms with Crippen molar-refractivity contribution in [2.75, 3.05) is 0 Å². The molecule has 0 spiro atoms. The highest BCUT2D eigenvalue weighted by Crippen LogP contribution is 2.12. The van der Waals surface area contributed by atoms with Crippen molar-refractivity contribution in [1.82, 2.24) is 9.13 Å². The van der Waals surface area contributed by atoms with Gasteiger partial charge in [-0.1, -0.05) is 0 Å². The van der Waals surface area contributed by atoms with Gasteiger partial charge in [0.05, 0.1) is 5.56 Å². The Labute approximate surface area is 117 Å². The zero-order chi connectivity index (χ0) is 15.7. The van der Waals surface area contributed by atoms with Crippen molar-refractivity contribution in [2.45, 2.75) is 33.3 Å². The van der Waals surface area contributed by atoms with E-state index in [0.717, 1.165) is 4.57 Å². The summed E-state index contributed by atoms with van der Waals surface area (Å²) in [7, 11) is 2.94. The third kappa shape index (κ3) is 3.69. The third-order valence-corrected chi connectivity index (χ3v) is 2.57. The Hall–Kier alpha value is -2.11. The number of carbonyl (C=O) groups is 1. The molecule has 0 N–H and O–H groups in total. The zero-order valence-electron chi connectivity index (χ0n) is 12.7. The van der Waals surface area contributed by atoms with E-state index in [2.05, 4.69) is 0 Å². The van der Waals surface area contributed by atoms with E-state index in [-0.39, 0.29) is 5.56 Å². The van der Waals surface area contributed by atoms with Crippen molar-refractivity contribution in [3.63, 3.8) is 0 Å². The number of carbonyl (C=O) groups excluding carboxylic acids is 1. The SMILES string of the molecule is C/C(=C\c1cn(C)c(=O)n(C)c1=O)C(=O)OC(C)(C)C. The van der Waals surface area contributed by atoms with Crippen molar-refractivity contribution in [2.24, 2.45) is 14.1 Å². The second-order valence-electron chi connectivity index (χ2n) is 5.67. The Bertz CT molecular complexity index is 672. The van der Waals surface area contributed by atoms with Gasteiger partial charge in [-0.25, -0.2) is 9.59 Å². The van der Waals surface area contributed by atoms with Gasteiger partial charge in [0.15, 0.2) is 0 Å². The summed E-state index contributed by atoms with van der Waals surface area (Å²) in [6.07, 6.45) is 2.83. The van der Waals surface area contributed by atoms with Crippen LogP contribution < -0.4 is 11.2 Å². The molecule has 0 aliphatic heterocycles. The Morgan fingerprint density at radius 1 is 1.25 bits per heavy atom. The van der Waals surface area contributed by atoms with Gasteiger partial charge in [0.2, 0.25) is 0 Å². The minimum Gasteiger partial charge on any atom is -0.457 e. The maximum absolute atomic E-state index is 11.9. The number of nitrogens with zero attached hydrogens (tertiary/aromatic N) is 2. The molecule has 0 saturated heterocycles. The maximum Gasteiger partial charge on any atom is 0.334 e. The molecule has 1 rings (SSSR count). The first-order chi connectivity index (χ1) is 9.03. The Balaban J connectivity index is 3.22. The fourth-order valence-corrected chi connectivity index (χ4v) is 1.59. The fourth-order valence-electron chi connectivity index (χ4n) is 1.59. The number of hydrogen-bond acceptors (Lipinski definition) is 4. The molecule has 0 fully saturated rings. The van der Waals surface area contributed by atoms with Crippen LogP contribution in [0.4, 0.5) is 0 Å². The van der Waals surface area contributed by atoms with E-state index >= 15 is 0 Å². The van der Waals surface area contributed by atoms with Crippen LogP contribution in [0.25, 0.3) is 6.08 Å². The van der Waals surface area contributed by atoms with Gasteiger partial charge < -0.3 is 9.30 Å². The van der Waals surface area contributed by atoms with Gasteiger partial charge in [0, 0.05) is 25.9 Å². The van der Waals surface area contributed by atoms with Crippen LogP contribution in [0.2, 0.25) is 0 Å². The number of rotatable bonds is 2. The summed E-state index contributed by atoms with van der Waals surface area (Å²) >= 11 is 0. The van der Waals surface area contributed by atoms with Gasteiger partial charge in [-0.15, -0.1) is 0 Å². The molecule has 0 aliphatic rings. The van der Waals surface area contributed by atoms with Crippen LogP contribution >= 0.6 is 0 Å². The normalized spacial score (nSPS) is 12.4. The van der Waals surface area contributed by atoms with Crippen LogP contribution in [0.3, 0.4) is 0 Å². The molecular formula is C14H20N2O4. The highest BCUT2D eigenvalue weighted by molar-refractivity contribution is 5.93. The van der Waals surface area contributed by atoms with Crippen LogP contribution in [-0.2, 0) is 23.6 Å². The third-order valence-electron chi connectivity index (χ3n) is 2.57. The highest BCUT2D eigenvalue weighted by Gasteiger charge is 2.18. The van der Waals surface area contributed by atoms with Crippen LogP contribution in [0.1, 0.15) is 33.3 Å². The van der Waals surface area contributed by atoms with E-state index in [1.165, 1.54) is 23.9 Å². The fraction of sp³-hybridized carbons (Fsp3) is 0.500. The summed E-state index contributed by atoms with van der Waals surface area (Å²) in [6, 6.07) is 0. The predicted molar refractivity (Wildman–Crippen MR) is 76.4 cm³/mol. The van der Waals surface area contributed by atoms with Crippen molar-refractivity contribution in [3.05, 3.63) is 38.2 Å². The van der Waals surface area contributed by atoms with Crippen LogP contribution in [-0.4, -0.2) is 20.7 Å². The summed E-state index contributed by atoms with van der Waals surface area (Å²) in [5.41, 5.74) is -0.896. The van der Waals surface area contributed by atoms with Crippen molar-refractivity contribution < 1.29 is 9.53 Å². The molecule has 110 valence electrons. The Kier molecular flexibility index (Phi) is 4.37. The first kappa shape index (κ1) is 15.9. The average molecular weight is 280 g/mol. The molecule has 0 atom stereocenters. The molecule has 0 aliphatic carbocycles. The summed E-state index contributed by atoms with van der Waals surface area (Å²) in [6.45, 7) is 6.87. The molecule has 0 unspecified atom stereocenters. The smallest absolute Gasteiger partial charge is 0.334 e. The van der Waals surface area contributed by atoms with E-state index in [1.54, 1.807) is 34.7 Å². The minimum absolute atomic E-state index is 0.262. The number of esters is 1. The van der Waals surface area contributed by atoms with Gasteiger partial charge in [-0.2, -0.15) is 0 Å². The quantitative estimate of drug-likeness (QED) is 0.594. The lowest BCUT2D eigenvalue weighted by Gasteiger charge is -2.19. The Morgan fingerprint density at radius 3 is 2.30 bits per heavy atom. The molecule has 6 nitrogen and oxygen atoms in total. The first-order valence-corrected chi connectivity index (χ1v) is 6.21. The second kappa shape index (κ2) is 5.48. The molecule has 0 aromatic carbocycles. The number of aryl methyl sites for hydroxylation is 1. The van der Waals surface area contributed by atoms with E-state index < -0.39 is 22.8 Å². The van der Waals surface area contributed by atoms with Gasteiger partial charge >= 0.3 is 11.7 Å². The van der Waals surface area contributed by atoms with Crippen LogP contribution in [0.15, 0.2) is 21.4 Å². The van der Waals surface area contributed by atoms with Gasteiger partial charge in [-0.05, 0) is 33.8 Å². The van der Waals surface area contributed by atoms with Gasteiger partial charge in [0.1, 0.15) is 5.60 Å². The molecular weight excluding hydrogens is 260 g/mol. The number of aromatic nitrogens is 2. The summed E-state index contributed by atoms with van der Waals surface area (Å²) < 4.78 is 7.49. The maximum atomic E-state index is 11.9. The summed E-state index contributed by atoms with van der Waals surface area (Å²) in [4.78, 5) is 35.3. The molecule has 20 heavy (non-hydrogen) atoms. The predicted octanol–water partition coefficient (Wildman–Crippen LogP) is 0.829. The summed E-state index contributed by atoms with van der Waals surface area (Å²) in [5, 5.41) is 0. The minimum atomic E-state index is -0.597. The van der Waals surface area contributed by atoms with Crippen molar-refractivity contribution in [1.29, 1.82) is 0 Å². The average Bonchev–Trinajstić information content (AvgIpc) is 2.31. The topological polar surface area (TPSA) is 70.3 Å². The lowest BCUT2D eigenvalue weighted by Crippen LogP contribution is -2.37. The molecule has 0 saturated carbocycles. The molecule has 0 radical (unpaired) electrons. The van der Waals surface area contributed by atoms with E-state index in [9.17, 15) is 14.4 Å². The lowest BCUT2D eigenvalue weighted by molar-refractivity contribution is -0.149. The standard InChI is InChI=1S/C14H20N2O4/c1-9(12(18)20-14(2,3)4)7-10-8-15(5)13(19)16(6)11(10)17/h7-8H,1-6H3/b9-7+. The highest BCUT2D eigenvalue weighted by atomic mass is 16.6. The number of hydrogen-bond donors (Lipinski definition) is 0. The first-order valence-electron chi connectivity index (χ1n) is 6.21. The summed E-state index contributed by atoms with van der Waals surface area (Å²) in [5.74, 6) is -0.492. The van der Waals surface area contributed by atoms with E-state index in [1.807, 2.05) is 0 Å².